The van der Waals surface area contributed by atoms with Crippen molar-refractivity contribution in [1.82, 2.24) is 4.98 Å². The minimum Gasteiger partial charge on any atom is -0.478 e. The predicted octanol–water partition coefficient (Wildman–Crippen LogP) is 2.26. The zero-order valence-electron chi connectivity index (χ0n) is 8.75. The highest BCUT2D eigenvalue weighted by molar-refractivity contribution is 6.30. The van der Waals surface area contributed by atoms with Gasteiger partial charge in [-0.2, -0.15) is 0 Å². The number of rotatable bonds is 4. The Morgan fingerprint density at radius 1 is 1.69 bits per heavy atom. The Morgan fingerprint density at radius 3 is 3.06 bits per heavy atom. The smallest absolute Gasteiger partial charge is 0.339 e. The number of pyridine rings is 1. The van der Waals surface area contributed by atoms with Gasteiger partial charge in [0.2, 0.25) is 0 Å². The number of aromatic carboxylic acids is 1. The second-order valence-corrected chi connectivity index (χ2v) is 3.39. The van der Waals surface area contributed by atoms with Crippen molar-refractivity contribution in [2.75, 3.05) is 11.9 Å². The van der Waals surface area contributed by atoms with Crippen LogP contribution in [0.1, 0.15) is 23.7 Å². The normalized spacial score (nSPS) is 9.12. The molecule has 0 amide bonds. The monoisotopic (exact) mass is 238 g/mol. The molecule has 2 N–H and O–H groups in total. The molecule has 0 radical (unpaired) electrons. The molecule has 0 saturated heterocycles. The van der Waals surface area contributed by atoms with E-state index in [1.165, 1.54) is 12.3 Å². The lowest BCUT2D eigenvalue weighted by molar-refractivity contribution is 0.0697. The molecule has 1 aromatic rings. The van der Waals surface area contributed by atoms with Crippen LogP contribution in [0.3, 0.4) is 0 Å². The van der Waals surface area contributed by atoms with Crippen LogP contribution in [0.2, 0.25) is 5.02 Å². The van der Waals surface area contributed by atoms with Crippen LogP contribution in [-0.2, 0) is 0 Å². The van der Waals surface area contributed by atoms with Crippen molar-refractivity contribution in [2.45, 2.75) is 13.3 Å². The number of nitrogens with zero attached hydrogens (tertiary/aromatic N) is 1. The van der Waals surface area contributed by atoms with E-state index >= 15 is 0 Å². The summed E-state index contributed by atoms with van der Waals surface area (Å²) >= 11 is 5.67. The van der Waals surface area contributed by atoms with Crippen LogP contribution in [0.25, 0.3) is 0 Å². The maximum atomic E-state index is 10.9. The third-order valence-electron chi connectivity index (χ3n) is 1.80. The molecule has 1 aromatic heterocycles. The van der Waals surface area contributed by atoms with Gasteiger partial charge in [-0.05, 0) is 13.0 Å². The summed E-state index contributed by atoms with van der Waals surface area (Å²) in [7, 11) is 0. The van der Waals surface area contributed by atoms with Crippen molar-refractivity contribution < 1.29 is 9.90 Å². The van der Waals surface area contributed by atoms with Crippen LogP contribution < -0.4 is 5.32 Å². The van der Waals surface area contributed by atoms with E-state index in [-0.39, 0.29) is 5.56 Å². The molecule has 16 heavy (non-hydrogen) atoms. The summed E-state index contributed by atoms with van der Waals surface area (Å²) in [6.45, 7) is 2.30. The Morgan fingerprint density at radius 2 is 2.44 bits per heavy atom. The number of aromatic nitrogens is 1. The zero-order valence-corrected chi connectivity index (χ0v) is 9.51. The predicted molar refractivity (Wildman–Crippen MR) is 62.8 cm³/mol. The summed E-state index contributed by atoms with van der Waals surface area (Å²) in [5, 5.41) is 12.1. The van der Waals surface area contributed by atoms with Crippen molar-refractivity contribution in [2.24, 2.45) is 0 Å². The highest BCUT2D eigenvalue weighted by Gasteiger charge is 2.11. The van der Waals surface area contributed by atoms with E-state index in [0.29, 0.717) is 23.8 Å². The average Bonchev–Trinajstić information content (AvgIpc) is 2.26. The maximum Gasteiger partial charge on any atom is 0.339 e. The third-order valence-corrected chi connectivity index (χ3v) is 2.01. The molecule has 4 nitrogen and oxygen atoms in total. The molecule has 0 aliphatic rings. The number of carbonyl (C=O) groups is 1. The maximum absolute atomic E-state index is 10.9. The summed E-state index contributed by atoms with van der Waals surface area (Å²) in [5.74, 6) is 4.88. The molecule has 5 heteroatoms. The second-order valence-electron chi connectivity index (χ2n) is 2.96. The van der Waals surface area contributed by atoms with Crippen molar-refractivity contribution in [3.05, 3.63) is 22.8 Å². The van der Waals surface area contributed by atoms with Gasteiger partial charge in [-0.15, -0.1) is 11.8 Å². The van der Waals surface area contributed by atoms with Gasteiger partial charge in [0, 0.05) is 19.2 Å². The topological polar surface area (TPSA) is 62.2 Å². The van der Waals surface area contributed by atoms with Gasteiger partial charge in [-0.25, -0.2) is 9.78 Å². The van der Waals surface area contributed by atoms with Crippen LogP contribution in [0.15, 0.2) is 12.3 Å². The van der Waals surface area contributed by atoms with Gasteiger partial charge in [0.05, 0.1) is 5.02 Å². The number of halogens is 1. The number of hydrogen-bond donors (Lipinski definition) is 2. The Hall–Kier alpha value is -1.73. The first-order valence-corrected chi connectivity index (χ1v) is 5.05. The van der Waals surface area contributed by atoms with Gasteiger partial charge in [0.1, 0.15) is 11.4 Å². The zero-order chi connectivity index (χ0) is 12.0. The van der Waals surface area contributed by atoms with E-state index in [9.17, 15) is 4.79 Å². The molecule has 0 spiro atoms. The molecule has 1 heterocycles. The van der Waals surface area contributed by atoms with Gasteiger partial charge in [0.25, 0.3) is 0 Å². The molecular weight excluding hydrogens is 228 g/mol. The van der Waals surface area contributed by atoms with E-state index in [2.05, 4.69) is 22.1 Å². The van der Waals surface area contributed by atoms with E-state index in [1.54, 1.807) is 6.92 Å². The lowest BCUT2D eigenvalue weighted by Crippen LogP contribution is -2.09. The van der Waals surface area contributed by atoms with Gasteiger partial charge in [-0.1, -0.05) is 11.6 Å². The summed E-state index contributed by atoms with van der Waals surface area (Å²) in [5.41, 5.74) is 0.0666. The first-order chi connectivity index (χ1) is 7.65. The average molecular weight is 239 g/mol. The van der Waals surface area contributed by atoms with Crippen LogP contribution in [0, 0.1) is 11.8 Å². The van der Waals surface area contributed by atoms with Crippen LogP contribution in [-0.4, -0.2) is 22.6 Å². The second kappa shape index (κ2) is 5.99. The fraction of sp³-hybridized carbons (Fsp3) is 0.273. The number of carboxylic acid groups (broad SMARTS) is 1. The summed E-state index contributed by atoms with van der Waals surface area (Å²) < 4.78 is 0. The summed E-state index contributed by atoms with van der Waals surface area (Å²) in [6, 6.07) is 1.37. The van der Waals surface area contributed by atoms with Crippen LogP contribution >= 0.6 is 11.6 Å². The highest BCUT2D eigenvalue weighted by atomic mass is 35.5. The van der Waals surface area contributed by atoms with Crippen molar-refractivity contribution >= 4 is 23.4 Å². The fourth-order valence-corrected chi connectivity index (χ4v) is 1.27. The molecule has 0 aromatic carbocycles. The lowest BCUT2D eigenvalue weighted by Gasteiger charge is -2.06. The number of nitrogens with one attached hydrogen (secondary N) is 1. The third kappa shape index (κ3) is 3.44. The first-order valence-electron chi connectivity index (χ1n) is 4.67. The van der Waals surface area contributed by atoms with Gasteiger partial charge in [0.15, 0.2) is 0 Å². The fourth-order valence-electron chi connectivity index (χ4n) is 1.11. The molecule has 0 aliphatic heterocycles. The van der Waals surface area contributed by atoms with Crippen molar-refractivity contribution in [3.63, 3.8) is 0 Å². The largest absolute Gasteiger partial charge is 0.478 e. The number of anilines is 1. The SMILES string of the molecule is CC#CCCNc1ncc(Cl)cc1C(=O)O. The minimum absolute atomic E-state index is 0.0666. The molecule has 0 fully saturated rings. The molecule has 0 aliphatic carbocycles. The molecule has 0 saturated carbocycles. The van der Waals surface area contributed by atoms with Crippen LogP contribution in [0.4, 0.5) is 5.82 Å². The van der Waals surface area contributed by atoms with Gasteiger partial charge in [-0.3, -0.25) is 0 Å². The van der Waals surface area contributed by atoms with Gasteiger partial charge >= 0.3 is 5.97 Å². The molecule has 0 bridgehead atoms. The van der Waals surface area contributed by atoms with Crippen LogP contribution in [0.5, 0.6) is 0 Å². The highest BCUT2D eigenvalue weighted by Crippen LogP contribution is 2.17. The standard InChI is InChI=1S/C11H11ClN2O2/c1-2-3-4-5-13-10-9(11(15)16)6-8(12)7-14-10/h6-7H,4-5H2,1H3,(H,13,14)(H,15,16). The minimum atomic E-state index is -1.06. The lowest BCUT2D eigenvalue weighted by atomic mass is 10.2. The Balaban J connectivity index is 2.77. The molecule has 0 unspecified atom stereocenters. The Bertz CT molecular complexity index is 449. The van der Waals surface area contributed by atoms with Gasteiger partial charge < -0.3 is 10.4 Å². The summed E-state index contributed by atoms with van der Waals surface area (Å²) in [6.07, 6.45) is 2.04. The molecule has 84 valence electrons. The number of carboxylic acids is 1. The van der Waals surface area contributed by atoms with E-state index in [1.807, 2.05) is 0 Å². The van der Waals surface area contributed by atoms with E-state index in [4.69, 9.17) is 16.7 Å². The van der Waals surface area contributed by atoms with E-state index < -0.39 is 5.97 Å². The Labute approximate surface area is 98.6 Å². The quantitative estimate of drug-likeness (QED) is 0.624. The first kappa shape index (κ1) is 12.3. The number of hydrogen-bond acceptors (Lipinski definition) is 3. The molecule has 1 rings (SSSR count). The summed E-state index contributed by atoms with van der Waals surface area (Å²) in [4.78, 5) is 14.8. The molecular formula is C11H11ClN2O2. The Kier molecular flexibility index (Phi) is 4.62. The molecule has 0 atom stereocenters. The van der Waals surface area contributed by atoms with E-state index in [0.717, 1.165) is 0 Å². The van der Waals surface area contributed by atoms with Crippen molar-refractivity contribution in [1.29, 1.82) is 0 Å². The van der Waals surface area contributed by atoms with Crippen molar-refractivity contribution in [3.8, 4) is 11.8 Å².